The van der Waals surface area contributed by atoms with E-state index in [9.17, 15) is 4.79 Å². The van der Waals surface area contributed by atoms with Gasteiger partial charge in [0.05, 0.1) is 18.3 Å². The molecule has 1 saturated carbocycles. The van der Waals surface area contributed by atoms with Crippen molar-refractivity contribution in [3.63, 3.8) is 0 Å². The van der Waals surface area contributed by atoms with E-state index in [4.69, 9.17) is 5.41 Å². The number of aryl methyl sites for hydroxylation is 3. The number of pyridine rings is 2. The van der Waals surface area contributed by atoms with Gasteiger partial charge in [0.15, 0.2) is 0 Å². The van der Waals surface area contributed by atoms with Crippen molar-refractivity contribution in [3.05, 3.63) is 101 Å². The lowest BCUT2D eigenvalue weighted by atomic mass is 9.97. The Labute approximate surface area is 205 Å². The number of hydrogen-bond acceptors (Lipinski definition) is 4. The maximum atomic E-state index is 13.6. The van der Waals surface area contributed by atoms with E-state index < -0.39 is 0 Å². The smallest absolute Gasteiger partial charge is 0.251 e. The molecule has 7 nitrogen and oxygen atoms in total. The van der Waals surface area contributed by atoms with Crippen LogP contribution in [0.4, 0.5) is 0 Å². The minimum atomic E-state index is -0.112. The van der Waals surface area contributed by atoms with Gasteiger partial charge in [-0.3, -0.25) is 20.2 Å². The highest BCUT2D eigenvalue weighted by Crippen LogP contribution is 2.40. The van der Waals surface area contributed by atoms with Gasteiger partial charge in [-0.1, -0.05) is 0 Å². The van der Waals surface area contributed by atoms with Gasteiger partial charge >= 0.3 is 0 Å². The molecule has 2 N–H and O–H groups in total. The third-order valence-corrected chi connectivity index (χ3v) is 6.67. The number of carbonyl (C=O) groups is 1. The number of imidazole rings is 1. The van der Waals surface area contributed by atoms with Crippen LogP contribution >= 0.6 is 0 Å². The molecule has 7 heteroatoms. The van der Waals surface area contributed by atoms with Crippen LogP contribution in [0.15, 0.2) is 67.4 Å². The normalized spacial score (nSPS) is 14.0. The van der Waals surface area contributed by atoms with Gasteiger partial charge in [0.1, 0.15) is 0 Å². The molecule has 3 aromatic heterocycles. The molecule has 5 rings (SSSR count). The molecule has 0 aliphatic heterocycles. The molecular formula is C28H30N6O. The summed E-state index contributed by atoms with van der Waals surface area (Å²) in [5, 5.41) is 11.6. The van der Waals surface area contributed by atoms with E-state index in [0.29, 0.717) is 23.6 Å². The summed E-state index contributed by atoms with van der Waals surface area (Å²) in [5.74, 6) is 0.307. The lowest BCUT2D eigenvalue weighted by Gasteiger charge is -2.19. The second-order valence-electron chi connectivity index (χ2n) is 9.52. The Morgan fingerprint density at radius 1 is 1.14 bits per heavy atom. The van der Waals surface area contributed by atoms with Gasteiger partial charge in [0.2, 0.25) is 5.62 Å². The lowest BCUT2D eigenvalue weighted by molar-refractivity contribution is 0.0930. The van der Waals surface area contributed by atoms with Crippen LogP contribution in [0.3, 0.4) is 0 Å². The first-order valence-corrected chi connectivity index (χ1v) is 11.9. The summed E-state index contributed by atoms with van der Waals surface area (Å²) in [6.07, 6.45) is 11.4. The van der Waals surface area contributed by atoms with Crippen LogP contribution in [-0.4, -0.2) is 25.0 Å². The highest BCUT2D eigenvalue weighted by molar-refractivity contribution is 5.96. The van der Waals surface area contributed by atoms with Crippen molar-refractivity contribution in [2.75, 3.05) is 0 Å². The van der Waals surface area contributed by atoms with Crippen LogP contribution in [0.1, 0.15) is 51.6 Å². The van der Waals surface area contributed by atoms with Gasteiger partial charge in [-0.15, -0.1) is 0 Å². The average molecular weight is 467 g/mol. The fourth-order valence-electron chi connectivity index (χ4n) is 4.50. The second kappa shape index (κ2) is 9.33. The molecular weight excluding hydrogens is 436 g/mol. The zero-order valence-electron chi connectivity index (χ0n) is 20.3. The molecule has 1 aliphatic carbocycles. The quantitative estimate of drug-likeness (QED) is 0.425. The van der Waals surface area contributed by atoms with E-state index in [1.54, 1.807) is 10.8 Å². The topological polar surface area (TPSA) is 88.6 Å². The number of nitrogens with one attached hydrogen (secondary N) is 2. The molecule has 178 valence electrons. The second-order valence-corrected chi connectivity index (χ2v) is 9.52. The van der Waals surface area contributed by atoms with Crippen molar-refractivity contribution in [1.29, 1.82) is 5.41 Å². The van der Waals surface area contributed by atoms with Crippen molar-refractivity contribution < 1.29 is 4.79 Å². The Kier molecular flexibility index (Phi) is 6.07. The fourth-order valence-corrected chi connectivity index (χ4v) is 4.50. The Morgan fingerprint density at radius 2 is 1.97 bits per heavy atom. The fraction of sp³-hybridized carbons (Fsp3) is 0.286. The molecule has 1 amide bonds. The van der Waals surface area contributed by atoms with Gasteiger partial charge in [0, 0.05) is 49.2 Å². The van der Waals surface area contributed by atoms with E-state index in [0.717, 1.165) is 46.4 Å². The van der Waals surface area contributed by atoms with Crippen LogP contribution in [0.2, 0.25) is 0 Å². The highest BCUT2D eigenvalue weighted by Gasteiger charge is 2.34. The van der Waals surface area contributed by atoms with Crippen LogP contribution in [0.5, 0.6) is 0 Å². The first-order valence-electron chi connectivity index (χ1n) is 11.9. The van der Waals surface area contributed by atoms with Crippen molar-refractivity contribution >= 4 is 5.91 Å². The van der Waals surface area contributed by atoms with E-state index in [1.165, 1.54) is 0 Å². The Morgan fingerprint density at radius 3 is 2.66 bits per heavy atom. The molecule has 1 fully saturated rings. The largest absolute Gasteiger partial charge is 0.343 e. The molecule has 0 saturated heterocycles. The first-order chi connectivity index (χ1) is 16.9. The lowest BCUT2D eigenvalue weighted by Crippen LogP contribution is -2.30. The minimum Gasteiger partial charge on any atom is -0.343 e. The van der Waals surface area contributed by atoms with E-state index >= 15 is 0 Å². The molecule has 4 aromatic rings. The predicted octanol–water partition coefficient (Wildman–Crippen LogP) is 4.31. The standard InChI is InChI=1S/C28H30N6O/c1-18-6-9-31-25(12-18)26(21-4-5-21)32-27(35)23-14-20(17-34-11-10-33(3)28(34)29)13-22(15-23)24-16-30-8-7-19(24)2/h6-16,21,26,29H,4-5,17H2,1-3H3,(H,32,35). The first kappa shape index (κ1) is 22.8. The highest BCUT2D eigenvalue weighted by atomic mass is 16.1. The third-order valence-electron chi connectivity index (χ3n) is 6.67. The Balaban J connectivity index is 1.52. The summed E-state index contributed by atoms with van der Waals surface area (Å²) in [6, 6.07) is 11.9. The summed E-state index contributed by atoms with van der Waals surface area (Å²) in [4.78, 5) is 22.5. The summed E-state index contributed by atoms with van der Waals surface area (Å²) < 4.78 is 3.62. The molecule has 3 heterocycles. The molecule has 1 aromatic carbocycles. The number of benzene rings is 1. The van der Waals surface area contributed by atoms with E-state index in [2.05, 4.69) is 27.4 Å². The Hall–Kier alpha value is -4.00. The average Bonchev–Trinajstić information content (AvgIpc) is 3.64. The molecule has 1 unspecified atom stereocenters. The number of carbonyl (C=O) groups excluding carboxylic acids is 1. The predicted molar refractivity (Wildman–Crippen MR) is 135 cm³/mol. The number of hydrogen-bond donors (Lipinski definition) is 2. The van der Waals surface area contributed by atoms with Crippen molar-refractivity contribution in [2.45, 2.75) is 39.3 Å². The summed E-state index contributed by atoms with van der Waals surface area (Å²) in [6.45, 7) is 4.59. The van der Waals surface area contributed by atoms with Crippen LogP contribution in [-0.2, 0) is 13.6 Å². The van der Waals surface area contributed by atoms with Gasteiger partial charge in [-0.05, 0) is 91.3 Å². The molecule has 35 heavy (non-hydrogen) atoms. The van der Waals surface area contributed by atoms with Gasteiger partial charge < -0.3 is 14.5 Å². The van der Waals surface area contributed by atoms with Crippen molar-refractivity contribution in [2.24, 2.45) is 13.0 Å². The summed E-state index contributed by atoms with van der Waals surface area (Å²) in [5.41, 5.74) is 7.04. The number of nitrogens with zero attached hydrogens (tertiary/aromatic N) is 4. The van der Waals surface area contributed by atoms with Crippen molar-refractivity contribution in [3.8, 4) is 11.1 Å². The zero-order chi connectivity index (χ0) is 24.5. The SMILES string of the molecule is Cc1ccnc(C(NC(=O)c2cc(Cn3ccn(C)c3=N)cc(-c3cnccc3C)c2)C2CC2)c1. The Bertz CT molecular complexity index is 1450. The molecule has 1 aliphatic rings. The monoisotopic (exact) mass is 466 g/mol. The van der Waals surface area contributed by atoms with E-state index in [1.807, 2.05) is 74.5 Å². The van der Waals surface area contributed by atoms with Crippen LogP contribution in [0, 0.1) is 25.2 Å². The summed E-state index contributed by atoms with van der Waals surface area (Å²) in [7, 11) is 1.85. The van der Waals surface area contributed by atoms with Crippen LogP contribution < -0.4 is 10.9 Å². The summed E-state index contributed by atoms with van der Waals surface area (Å²) >= 11 is 0. The number of amides is 1. The minimum absolute atomic E-state index is 0.0991. The molecule has 0 spiro atoms. The zero-order valence-corrected chi connectivity index (χ0v) is 20.3. The third kappa shape index (κ3) is 4.94. The maximum Gasteiger partial charge on any atom is 0.251 e. The molecule has 0 bridgehead atoms. The van der Waals surface area contributed by atoms with E-state index in [-0.39, 0.29) is 11.9 Å². The van der Waals surface area contributed by atoms with Crippen molar-refractivity contribution in [1.82, 2.24) is 24.4 Å². The van der Waals surface area contributed by atoms with Crippen LogP contribution in [0.25, 0.3) is 11.1 Å². The van der Waals surface area contributed by atoms with Gasteiger partial charge in [0.25, 0.3) is 5.91 Å². The number of aromatic nitrogens is 4. The number of rotatable bonds is 7. The molecule has 1 atom stereocenters. The van der Waals surface area contributed by atoms with Gasteiger partial charge in [-0.2, -0.15) is 0 Å². The van der Waals surface area contributed by atoms with Gasteiger partial charge in [-0.25, -0.2) is 0 Å². The maximum absolute atomic E-state index is 13.6. The molecule has 0 radical (unpaired) electrons.